The van der Waals surface area contributed by atoms with Crippen LogP contribution in [0.5, 0.6) is 0 Å². The maximum Gasteiger partial charge on any atom is 0.145 e. The lowest BCUT2D eigenvalue weighted by atomic mass is 10.2. The van der Waals surface area contributed by atoms with Gasteiger partial charge in [0, 0.05) is 26.0 Å². The highest BCUT2D eigenvalue weighted by Crippen LogP contribution is 2.13. The SMILES string of the molecule is Cc1ccc(N(C)CCc2ccncc2)nc1C#N. The second-order valence-corrected chi connectivity index (χ2v) is 4.47. The predicted octanol–water partition coefficient (Wildman–Crippen LogP) is 2.34. The van der Waals surface area contributed by atoms with Crippen molar-refractivity contribution < 1.29 is 0 Å². The van der Waals surface area contributed by atoms with Crippen LogP contribution >= 0.6 is 0 Å². The first-order valence-electron chi connectivity index (χ1n) is 6.18. The lowest BCUT2D eigenvalue weighted by molar-refractivity contribution is 0.856. The molecule has 0 N–H and O–H groups in total. The van der Waals surface area contributed by atoms with Gasteiger partial charge < -0.3 is 4.90 Å². The van der Waals surface area contributed by atoms with Crippen LogP contribution in [0.15, 0.2) is 36.7 Å². The zero-order valence-electron chi connectivity index (χ0n) is 11.2. The lowest BCUT2D eigenvalue weighted by Crippen LogP contribution is -2.21. The molecule has 0 unspecified atom stereocenters. The third-order valence-corrected chi connectivity index (χ3v) is 3.06. The zero-order chi connectivity index (χ0) is 13.7. The van der Waals surface area contributed by atoms with E-state index in [1.165, 1.54) is 5.56 Å². The third kappa shape index (κ3) is 3.29. The van der Waals surface area contributed by atoms with Crippen molar-refractivity contribution in [3.63, 3.8) is 0 Å². The van der Waals surface area contributed by atoms with Crippen LogP contribution in [-0.4, -0.2) is 23.6 Å². The Morgan fingerprint density at radius 3 is 2.63 bits per heavy atom. The molecule has 0 aliphatic heterocycles. The molecule has 0 atom stereocenters. The molecule has 4 heteroatoms. The molecule has 0 saturated heterocycles. The number of hydrogen-bond acceptors (Lipinski definition) is 4. The minimum atomic E-state index is 0.494. The summed E-state index contributed by atoms with van der Waals surface area (Å²) >= 11 is 0. The molecule has 0 fully saturated rings. The summed E-state index contributed by atoms with van der Waals surface area (Å²) in [6.07, 6.45) is 4.52. The summed E-state index contributed by atoms with van der Waals surface area (Å²) in [4.78, 5) is 10.4. The molecule has 0 radical (unpaired) electrons. The van der Waals surface area contributed by atoms with Crippen LogP contribution in [0.25, 0.3) is 0 Å². The van der Waals surface area contributed by atoms with Gasteiger partial charge in [-0.15, -0.1) is 0 Å². The summed E-state index contributed by atoms with van der Waals surface area (Å²) in [6.45, 7) is 2.75. The second kappa shape index (κ2) is 5.96. The number of nitrogens with zero attached hydrogens (tertiary/aromatic N) is 4. The van der Waals surface area contributed by atoms with E-state index in [4.69, 9.17) is 5.26 Å². The van der Waals surface area contributed by atoms with Crippen molar-refractivity contribution in [2.45, 2.75) is 13.3 Å². The predicted molar refractivity (Wildman–Crippen MR) is 74.9 cm³/mol. The second-order valence-electron chi connectivity index (χ2n) is 4.47. The number of nitriles is 1. The standard InChI is InChI=1S/C15H16N4/c1-12-3-4-15(18-14(12)11-16)19(2)10-7-13-5-8-17-9-6-13/h3-6,8-9H,7,10H2,1-2H3. The normalized spacial score (nSPS) is 9.95. The van der Waals surface area contributed by atoms with Gasteiger partial charge in [-0.25, -0.2) is 4.98 Å². The van der Waals surface area contributed by atoms with Gasteiger partial charge in [-0.05, 0) is 42.7 Å². The monoisotopic (exact) mass is 252 g/mol. The van der Waals surface area contributed by atoms with Crippen molar-refractivity contribution >= 4 is 5.82 Å². The van der Waals surface area contributed by atoms with Gasteiger partial charge in [0.15, 0.2) is 0 Å². The third-order valence-electron chi connectivity index (χ3n) is 3.06. The fraction of sp³-hybridized carbons (Fsp3) is 0.267. The van der Waals surface area contributed by atoms with Crippen molar-refractivity contribution in [1.29, 1.82) is 5.26 Å². The topological polar surface area (TPSA) is 52.8 Å². The summed E-state index contributed by atoms with van der Waals surface area (Å²) < 4.78 is 0. The van der Waals surface area contributed by atoms with E-state index in [0.29, 0.717) is 5.69 Å². The molecule has 0 aliphatic rings. The summed E-state index contributed by atoms with van der Waals surface area (Å²) in [5, 5.41) is 8.99. The van der Waals surface area contributed by atoms with Crippen molar-refractivity contribution in [3.05, 3.63) is 53.5 Å². The number of aromatic nitrogens is 2. The Hall–Kier alpha value is -2.41. The molecule has 0 aliphatic carbocycles. The molecule has 0 saturated carbocycles. The van der Waals surface area contributed by atoms with Crippen LogP contribution < -0.4 is 4.90 Å². The van der Waals surface area contributed by atoms with Gasteiger partial charge in [0.1, 0.15) is 17.6 Å². The van der Waals surface area contributed by atoms with Crippen LogP contribution in [0.1, 0.15) is 16.8 Å². The Balaban J connectivity index is 2.04. The first kappa shape index (κ1) is 13.0. The number of pyridine rings is 2. The summed E-state index contributed by atoms with van der Waals surface area (Å²) in [6, 6.07) is 10.0. The molecule has 19 heavy (non-hydrogen) atoms. The van der Waals surface area contributed by atoms with Crippen LogP contribution in [0, 0.1) is 18.3 Å². The minimum Gasteiger partial charge on any atom is -0.359 e. The van der Waals surface area contributed by atoms with E-state index < -0.39 is 0 Å². The van der Waals surface area contributed by atoms with Crippen LogP contribution in [-0.2, 0) is 6.42 Å². The van der Waals surface area contributed by atoms with Crippen LogP contribution in [0.4, 0.5) is 5.82 Å². The van der Waals surface area contributed by atoms with Crippen molar-refractivity contribution in [2.75, 3.05) is 18.5 Å². The number of hydrogen-bond donors (Lipinski definition) is 0. The minimum absolute atomic E-state index is 0.494. The average Bonchev–Trinajstić information content (AvgIpc) is 2.46. The quantitative estimate of drug-likeness (QED) is 0.838. The van der Waals surface area contributed by atoms with Gasteiger partial charge in [0.05, 0.1) is 0 Å². The van der Waals surface area contributed by atoms with Gasteiger partial charge in [-0.3, -0.25) is 4.98 Å². The molecule has 2 aromatic rings. The molecule has 0 bridgehead atoms. The Kier molecular flexibility index (Phi) is 4.09. The fourth-order valence-corrected chi connectivity index (χ4v) is 1.81. The molecule has 2 heterocycles. The van der Waals surface area contributed by atoms with Crippen molar-refractivity contribution in [3.8, 4) is 6.07 Å². The van der Waals surface area contributed by atoms with E-state index in [1.54, 1.807) is 12.4 Å². The first-order chi connectivity index (χ1) is 9.20. The number of aryl methyl sites for hydroxylation is 1. The Bertz CT molecular complexity index is 587. The summed E-state index contributed by atoms with van der Waals surface area (Å²) in [7, 11) is 1.99. The van der Waals surface area contributed by atoms with Crippen LogP contribution in [0.2, 0.25) is 0 Å². The molecule has 0 spiro atoms. The van der Waals surface area contributed by atoms with E-state index >= 15 is 0 Å². The zero-order valence-corrected chi connectivity index (χ0v) is 11.2. The molecule has 2 rings (SSSR count). The van der Waals surface area contributed by atoms with Crippen molar-refractivity contribution in [1.82, 2.24) is 9.97 Å². The van der Waals surface area contributed by atoms with E-state index in [2.05, 4.69) is 20.9 Å². The maximum atomic E-state index is 8.99. The Morgan fingerprint density at radius 1 is 1.21 bits per heavy atom. The van der Waals surface area contributed by atoms with E-state index in [-0.39, 0.29) is 0 Å². The van der Waals surface area contributed by atoms with Gasteiger partial charge in [0.25, 0.3) is 0 Å². The van der Waals surface area contributed by atoms with Gasteiger partial charge in [-0.1, -0.05) is 6.07 Å². The number of rotatable bonds is 4. The van der Waals surface area contributed by atoms with E-state index in [9.17, 15) is 0 Å². The molecule has 96 valence electrons. The average molecular weight is 252 g/mol. The number of anilines is 1. The lowest BCUT2D eigenvalue weighted by Gasteiger charge is -2.18. The highest BCUT2D eigenvalue weighted by molar-refractivity contribution is 5.44. The van der Waals surface area contributed by atoms with Gasteiger partial charge in [-0.2, -0.15) is 5.26 Å². The van der Waals surface area contributed by atoms with Crippen molar-refractivity contribution in [2.24, 2.45) is 0 Å². The maximum absolute atomic E-state index is 8.99. The summed E-state index contributed by atoms with van der Waals surface area (Å²) in [5.74, 6) is 0.830. The smallest absolute Gasteiger partial charge is 0.145 e. The van der Waals surface area contributed by atoms with Crippen LogP contribution in [0.3, 0.4) is 0 Å². The molecular formula is C15H16N4. The molecule has 2 aromatic heterocycles. The van der Waals surface area contributed by atoms with Gasteiger partial charge in [0.2, 0.25) is 0 Å². The van der Waals surface area contributed by atoms with E-state index in [1.807, 2.05) is 38.2 Å². The first-order valence-corrected chi connectivity index (χ1v) is 6.18. The Morgan fingerprint density at radius 2 is 1.95 bits per heavy atom. The molecule has 0 amide bonds. The highest BCUT2D eigenvalue weighted by Gasteiger charge is 2.06. The Labute approximate surface area is 113 Å². The molecular weight excluding hydrogens is 236 g/mol. The largest absolute Gasteiger partial charge is 0.359 e. The fourth-order valence-electron chi connectivity index (χ4n) is 1.81. The van der Waals surface area contributed by atoms with Gasteiger partial charge >= 0.3 is 0 Å². The molecule has 4 nitrogen and oxygen atoms in total. The molecule has 0 aromatic carbocycles. The summed E-state index contributed by atoms with van der Waals surface area (Å²) in [5.41, 5.74) is 2.65. The van der Waals surface area contributed by atoms with E-state index in [0.717, 1.165) is 24.3 Å². The highest BCUT2D eigenvalue weighted by atomic mass is 15.2. The number of likely N-dealkylation sites (N-methyl/N-ethyl adjacent to an activating group) is 1.